The lowest BCUT2D eigenvalue weighted by Crippen LogP contribution is -2.14. The van der Waals surface area contributed by atoms with Gasteiger partial charge in [-0.05, 0) is 24.3 Å². The average molecular weight is 394 g/mol. The third-order valence-corrected chi connectivity index (χ3v) is 6.01. The zero-order valence-electron chi connectivity index (χ0n) is 13.7. The number of hydrogen-bond donors (Lipinski definition) is 2. The standard InChI is InChI=1S/C16H14N2O6S2/c1-23-11-6-5-9(8-12(11)24-2)26(21,22)18-13-10-4-3-7-17-15(10)25-14(13)16(19)20/h3-8,18H,1-2H3,(H,19,20). The van der Waals surface area contributed by atoms with Gasteiger partial charge in [-0.15, -0.1) is 11.3 Å². The van der Waals surface area contributed by atoms with Crippen molar-refractivity contribution in [1.82, 2.24) is 4.98 Å². The lowest BCUT2D eigenvalue weighted by atomic mass is 10.3. The number of pyridine rings is 1. The Hall–Kier alpha value is -2.85. The van der Waals surface area contributed by atoms with E-state index >= 15 is 0 Å². The highest BCUT2D eigenvalue weighted by Crippen LogP contribution is 2.36. The summed E-state index contributed by atoms with van der Waals surface area (Å²) in [7, 11) is -1.23. The van der Waals surface area contributed by atoms with Crippen LogP contribution in [0.4, 0.5) is 5.69 Å². The monoisotopic (exact) mass is 394 g/mol. The quantitative estimate of drug-likeness (QED) is 0.660. The number of nitrogens with one attached hydrogen (secondary N) is 1. The lowest BCUT2D eigenvalue weighted by molar-refractivity contribution is 0.0703. The molecular weight excluding hydrogens is 380 g/mol. The maximum Gasteiger partial charge on any atom is 0.348 e. The van der Waals surface area contributed by atoms with Crippen LogP contribution in [0, 0.1) is 0 Å². The van der Waals surface area contributed by atoms with Crippen LogP contribution in [0.1, 0.15) is 9.67 Å². The molecule has 1 aromatic carbocycles. The second-order valence-electron chi connectivity index (χ2n) is 5.09. The number of carbonyl (C=O) groups is 1. The number of thiophene rings is 1. The summed E-state index contributed by atoms with van der Waals surface area (Å²) in [5.74, 6) is -0.619. The van der Waals surface area contributed by atoms with Crippen molar-refractivity contribution in [3.05, 3.63) is 41.4 Å². The number of methoxy groups -OCH3 is 2. The van der Waals surface area contributed by atoms with E-state index in [2.05, 4.69) is 9.71 Å². The highest BCUT2D eigenvalue weighted by molar-refractivity contribution is 7.92. The van der Waals surface area contributed by atoms with Crippen molar-refractivity contribution in [3.63, 3.8) is 0 Å². The average Bonchev–Trinajstić information content (AvgIpc) is 2.99. The first kappa shape index (κ1) is 18.0. The fraction of sp³-hybridized carbons (Fsp3) is 0.125. The van der Waals surface area contributed by atoms with Crippen LogP contribution in [0.25, 0.3) is 10.2 Å². The van der Waals surface area contributed by atoms with E-state index in [1.54, 1.807) is 12.1 Å². The van der Waals surface area contributed by atoms with Crippen LogP contribution in [0.5, 0.6) is 11.5 Å². The minimum atomic E-state index is -4.06. The summed E-state index contributed by atoms with van der Waals surface area (Å²) in [5.41, 5.74) is -0.0135. The fourth-order valence-corrected chi connectivity index (χ4v) is 4.47. The number of aromatic carboxylic acids is 1. The van der Waals surface area contributed by atoms with Crippen LogP contribution in [0.2, 0.25) is 0 Å². The maximum atomic E-state index is 12.8. The van der Waals surface area contributed by atoms with Crippen molar-refractivity contribution >= 4 is 43.2 Å². The molecule has 0 bridgehead atoms. The second kappa shape index (κ2) is 6.81. The molecule has 0 radical (unpaired) electrons. The first-order valence-electron chi connectivity index (χ1n) is 7.23. The van der Waals surface area contributed by atoms with Crippen molar-refractivity contribution in [2.75, 3.05) is 18.9 Å². The Morgan fingerprint density at radius 2 is 1.92 bits per heavy atom. The topological polar surface area (TPSA) is 115 Å². The number of aromatic nitrogens is 1. The fourth-order valence-electron chi connectivity index (χ4n) is 2.36. The van der Waals surface area contributed by atoms with Crippen LogP contribution in [0.15, 0.2) is 41.4 Å². The molecule has 0 spiro atoms. The minimum Gasteiger partial charge on any atom is -0.493 e. The van der Waals surface area contributed by atoms with Crippen molar-refractivity contribution in [2.24, 2.45) is 0 Å². The van der Waals surface area contributed by atoms with E-state index in [-0.39, 0.29) is 21.2 Å². The molecule has 0 amide bonds. The number of sulfonamides is 1. The van der Waals surface area contributed by atoms with Gasteiger partial charge < -0.3 is 14.6 Å². The number of anilines is 1. The van der Waals surface area contributed by atoms with Gasteiger partial charge >= 0.3 is 5.97 Å². The van der Waals surface area contributed by atoms with Gasteiger partial charge in [-0.1, -0.05) is 0 Å². The molecule has 8 nitrogen and oxygen atoms in total. The second-order valence-corrected chi connectivity index (χ2v) is 7.77. The summed E-state index contributed by atoms with van der Waals surface area (Å²) in [5, 5.41) is 9.81. The summed E-state index contributed by atoms with van der Waals surface area (Å²) in [4.78, 5) is 15.8. The van der Waals surface area contributed by atoms with Crippen molar-refractivity contribution < 1.29 is 27.8 Å². The molecule has 3 rings (SSSR count). The molecule has 0 unspecified atom stereocenters. The molecule has 0 saturated carbocycles. The largest absolute Gasteiger partial charge is 0.493 e. The zero-order chi connectivity index (χ0) is 18.9. The van der Waals surface area contributed by atoms with Gasteiger partial charge in [-0.2, -0.15) is 0 Å². The number of hydrogen-bond acceptors (Lipinski definition) is 7. The van der Waals surface area contributed by atoms with Crippen molar-refractivity contribution in [2.45, 2.75) is 4.90 Å². The predicted molar refractivity (Wildman–Crippen MR) is 96.9 cm³/mol. The Morgan fingerprint density at radius 1 is 1.19 bits per heavy atom. The Balaban J connectivity index is 2.10. The molecule has 2 N–H and O–H groups in total. The molecule has 26 heavy (non-hydrogen) atoms. The van der Waals surface area contributed by atoms with Crippen LogP contribution in [-0.4, -0.2) is 38.7 Å². The number of nitrogens with zero attached hydrogens (tertiary/aromatic N) is 1. The van der Waals surface area contributed by atoms with Crippen molar-refractivity contribution in [1.29, 1.82) is 0 Å². The van der Waals surface area contributed by atoms with Gasteiger partial charge in [0.05, 0.1) is 24.8 Å². The van der Waals surface area contributed by atoms with Gasteiger partial charge in [0.1, 0.15) is 9.71 Å². The van der Waals surface area contributed by atoms with Gasteiger partial charge in [0, 0.05) is 17.6 Å². The van der Waals surface area contributed by atoms with E-state index in [1.165, 1.54) is 38.6 Å². The number of ether oxygens (including phenoxy) is 2. The zero-order valence-corrected chi connectivity index (χ0v) is 15.3. The number of benzene rings is 1. The smallest absolute Gasteiger partial charge is 0.348 e. The maximum absolute atomic E-state index is 12.8. The first-order valence-corrected chi connectivity index (χ1v) is 9.53. The molecule has 0 aliphatic carbocycles. The Bertz CT molecular complexity index is 1090. The summed E-state index contributed by atoms with van der Waals surface area (Å²) >= 11 is 0.899. The van der Waals surface area contributed by atoms with Crippen LogP contribution < -0.4 is 14.2 Å². The lowest BCUT2D eigenvalue weighted by Gasteiger charge is -2.12. The number of rotatable bonds is 6. The van der Waals surface area contributed by atoms with E-state index in [1.807, 2.05) is 0 Å². The molecule has 0 saturated heterocycles. The van der Waals surface area contributed by atoms with E-state index in [4.69, 9.17) is 9.47 Å². The van der Waals surface area contributed by atoms with Gasteiger partial charge in [0.25, 0.3) is 10.0 Å². The molecule has 0 aliphatic rings. The van der Waals surface area contributed by atoms with E-state index in [0.29, 0.717) is 16.0 Å². The number of carboxylic acid groups (broad SMARTS) is 1. The normalized spacial score (nSPS) is 11.3. The van der Waals surface area contributed by atoms with Gasteiger partial charge in [-0.3, -0.25) is 4.72 Å². The summed E-state index contributed by atoms with van der Waals surface area (Å²) in [6.07, 6.45) is 1.51. The van der Waals surface area contributed by atoms with Crippen molar-refractivity contribution in [3.8, 4) is 11.5 Å². The Kier molecular flexibility index (Phi) is 4.70. The molecule has 0 atom stereocenters. The SMILES string of the molecule is COc1ccc(S(=O)(=O)Nc2c(C(=O)O)sc3ncccc23)cc1OC. The molecule has 2 aromatic heterocycles. The van der Waals surface area contributed by atoms with Crippen LogP contribution in [0.3, 0.4) is 0 Å². The molecule has 0 aliphatic heterocycles. The molecular formula is C16H14N2O6S2. The van der Waals surface area contributed by atoms with Gasteiger partial charge in [0.15, 0.2) is 11.5 Å². The van der Waals surface area contributed by atoms with E-state index < -0.39 is 16.0 Å². The molecule has 3 aromatic rings. The highest BCUT2D eigenvalue weighted by Gasteiger charge is 2.24. The Labute approximate surface area is 153 Å². The van der Waals surface area contributed by atoms with Gasteiger partial charge in [-0.25, -0.2) is 18.2 Å². The van der Waals surface area contributed by atoms with E-state index in [0.717, 1.165) is 11.3 Å². The first-order chi connectivity index (χ1) is 12.4. The summed E-state index contributed by atoms with van der Waals surface area (Å²) in [6, 6.07) is 7.32. The predicted octanol–water partition coefficient (Wildman–Crippen LogP) is 2.81. The highest BCUT2D eigenvalue weighted by atomic mass is 32.2. The summed E-state index contributed by atoms with van der Waals surface area (Å²) in [6.45, 7) is 0. The molecule has 2 heterocycles. The van der Waals surface area contributed by atoms with Crippen LogP contribution >= 0.6 is 11.3 Å². The number of carboxylic acids is 1. The Morgan fingerprint density at radius 3 is 2.58 bits per heavy atom. The molecule has 136 valence electrons. The van der Waals surface area contributed by atoms with Gasteiger partial charge in [0.2, 0.25) is 0 Å². The minimum absolute atomic E-state index is 0.0135. The van der Waals surface area contributed by atoms with E-state index in [9.17, 15) is 18.3 Å². The number of fused-ring (bicyclic) bond motifs is 1. The summed E-state index contributed by atoms with van der Waals surface area (Å²) < 4.78 is 38.1. The third kappa shape index (κ3) is 3.16. The third-order valence-electron chi connectivity index (χ3n) is 3.56. The molecule has 0 fully saturated rings. The van der Waals surface area contributed by atoms with Crippen LogP contribution in [-0.2, 0) is 10.0 Å². The molecule has 10 heteroatoms.